The number of carbonyl (C=O) groups is 1. The molecule has 0 unspecified atom stereocenters. The van der Waals surface area contributed by atoms with Crippen LogP contribution in [0, 0.1) is 5.92 Å². The second-order valence-corrected chi connectivity index (χ2v) is 5.71. The summed E-state index contributed by atoms with van der Waals surface area (Å²) in [5.41, 5.74) is 0. The molecule has 8 nitrogen and oxygen atoms in total. The molecule has 0 aliphatic carbocycles. The van der Waals surface area contributed by atoms with Gasteiger partial charge in [-0.25, -0.2) is 4.98 Å². The first-order valence-electron chi connectivity index (χ1n) is 7.42. The lowest BCUT2D eigenvalue weighted by molar-refractivity contribution is -0.130. The predicted molar refractivity (Wildman–Crippen MR) is 78.6 cm³/mol. The minimum Gasteiger partial charge on any atom is -0.339 e. The average Bonchev–Trinajstić information content (AvgIpc) is 3.10. The van der Waals surface area contributed by atoms with Crippen LogP contribution in [0.5, 0.6) is 0 Å². The van der Waals surface area contributed by atoms with E-state index in [2.05, 4.69) is 34.1 Å². The zero-order valence-corrected chi connectivity index (χ0v) is 13.3. The Bertz CT molecular complexity index is 578. The molecule has 0 atom stereocenters. The van der Waals surface area contributed by atoms with Crippen LogP contribution in [0.4, 0.5) is 0 Å². The number of aryl methyl sites for hydroxylation is 1. The summed E-state index contributed by atoms with van der Waals surface area (Å²) in [5.74, 6) is 1.68. The molecule has 120 valence electrons. The molecule has 0 saturated carbocycles. The van der Waals surface area contributed by atoms with E-state index >= 15 is 0 Å². The number of carbonyl (C=O) groups excluding carboxylic acids is 1. The molecule has 2 aromatic heterocycles. The highest BCUT2D eigenvalue weighted by molar-refractivity contribution is 5.75. The summed E-state index contributed by atoms with van der Waals surface area (Å²) >= 11 is 0. The zero-order chi connectivity index (χ0) is 15.9. The smallest absolute Gasteiger partial charge is 0.226 e. The van der Waals surface area contributed by atoms with Crippen molar-refractivity contribution in [1.29, 1.82) is 0 Å². The lowest BCUT2D eigenvalue weighted by atomic mass is 10.1. The molecule has 22 heavy (non-hydrogen) atoms. The summed E-state index contributed by atoms with van der Waals surface area (Å²) < 4.78 is 6.88. The lowest BCUT2D eigenvalue weighted by Gasteiger charge is -2.14. The summed E-state index contributed by atoms with van der Waals surface area (Å²) in [4.78, 5) is 21.8. The third-order valence-corrected chi connectivity index (χ3v) is 3.14. The van der Waals surface area contributed by atoms with Crippen molar-refractivity contribution >= 4 is 5.91 Å². The number of rotatable bonds is 8. The highest BCUT2D eigenvalue weighted by atomic mass is 16.5. The van der Waals surface area contributed by atoms with Crippen molar-refractivity contribution in [3.05, 3.63) is 24.4 Å². The van der Waals surface area contributed by atoms with Crippen LogP contribution in [0.15, 0.2) is 17.2 Å². The van der Waals surface area contributed by atoms with Gasteiger partial charge in [0.2, 0.25) is 11.8 Å². The molecular weight excluding hydrogens is 284 g/mol. The molecule has 2 aromatic rings. The molecule has 0 spiro atoms. The van der Waals surface area contributed by atoms with Gasteiger partial charge in [-0.3, -0.25) is 9.48 Å². The number of nitrogens with zero attached hydrogens (tertiary/aromatic N) is 6. The molecule has 0 aliphatic heterocycles. The van der Waals surface area contributed by atoms with E-state index in [1.54, 1.807) is 23.0 Å². The molecule has 0 N–H and O–H groups in total. The van der Waals surface area contributed by atoms with Gasteiger partial charge >= 0.3 is 0 Å². The standard InChI is InChI=1S/C14H22N6O2/c1-11(2)7-13-17-12(18-22-13)8-19(3)14(21)5-4-6-20-10-15-9-16-20/h9-11H,4-8H2,1-3H3. The molecule has 2 heterocycles. The maximum atomic E-state index is 12.1. The number of hydrogen-bond acceptors (Lipinski definition) is 6. The zero-order valence-electron chi connectivity index (χ0n) is 13.3. The highest BCUT2D eigenvalue weighted by Gasteiger charge is 2.14. The molecule has 0 aromatic carbocycles. The molecule has 0 radical (unpaired) electrons. The minimum atomic E-state index is 0.0512. The van der Waals surface area contributed by atoms with E-state index in [1.807, 2.05) is 0 Å². The first kappa shape index (κ1) is 16.1. The Hall–Kier alpha value is -2.25. The van der Waals surface area contributed by atoms with Crippen LogP contribution in [0.2, 0.25) is 0 Å². The third-order valence-electron chi connectivity index (χ3n) is 3.14. The molecule has 1 amide bonds. The van der Waals surface area contributed by atoms with Gasteiger partial charge in [-0.1, -0.05) is 19.0 Å². The molecule has 0 bridgehead atoms. The van der Waals surface area contributed by atoms with Crippen LogP contribution in [0.25, 0.3) is 0 Å². The summed E-state index contributed by atoms with van der Waals surface area (Å²) in [7, 11) is 1.75. The maximum Gasteiger partial charge on any atom is 0.226 e. The average molecular weight is 306 g/mol. The Morgan fingerprint density at radius 2 is 2.27 bits per heavy atom. The lowest BCUT2D eigenvalue weighted by Crippen LogP contribution is -2.26. The minimum absolute atomic E-state index is 0.0512. The van der Waals surface area contributed by atoms with Gasteiger partial charge in [0.05, 0.1) is 6.54 Å². The van der Waals surface area contributed by atoms with E-state index in [0.29, 0.717) is 37.1 Å². The quantitative estimate of drug-likeness (QED) is 0.730. The van der Waals surface area contributed by atoms with Gasteiger partial charge in [-0.15, -0.1) is 0 Å². The fourth-order valence-electron chi connectivity index (χ4n) is 2.02. The van der Waals surface area contributed by atoms with Gasteiger partial charge in [-0.2, -0.15) is 10.1 Å². The third kappa shape index (κ3) is 4.94. The van der Waals surface area contributed by atoms with Crippen molar-refractivity contribution in [1.82, 2.24) is 29.8 Å². The molecular formula is C14H22N6O2. The first-order valence-corrected chi connectivity index (χ1v) is 7.42. The largest absolute Gasteiger partial charge is 0.339 e. The predicted octanol–water partition coefficient (Wildman–Crippen LogP) is 1.30. The van der Waals surface area contributed by atoms with Gasteiger partial charge in [0.25, 0.3) is 0 Å². The first-order chi connectivity index (χ1) is 10.5. The van der Waals surface area contributed by atoms with Crippen molar-refractivity contribution in [3.63, 3.8) is 0 Å². The van der Waals surface area contributed by atoms with Gasteiger partial charge in [0.15, 0.2) is 5.82 Å². The normalized spacial score (nSPS) is 11.1. The summed E-state index contributed by atoms with van der Waals surface area (Å²) in [5, 5.41) is 7.91. The Balaban J connectivity index is 1.74. The van der Waals surface area contributed by atoms with Crippen LogP contribution in [0.3, 0.4) is 0 Å². The van der Waals surface area contributed by atoms with Crippen molar-refractivity contribution in [2.45, 2.75) is 46.2 Å². The van der Waals surface area contributed by atoms with Crippen LogP contribution in [0.1, 0.15) is 38.4 Å². The topological polar surface area (TPSA) is 89.9 Å². The van der Waals surface area contributed by atoms with Crippen LogP contribution < -0.4 is 0 Å². The Kier molecular flexibility index (Phi) is 5.62. The van der Waals surface area contributed by atoms with E-state index in [9.17, 15) is 4.79 Å². The van der Waals surface area contributed by atoms with Crippen molar-refractivity contribution < 1.29 is 9.32 Å². The Morgan fingerprint density at radius 1 is 1.45 bits per heavy atom. The van der Waals surface area contributed by atoms with E-state index in [1.165, 1.54) is 6.33 Å². The molecule has 2 rings (SSSR count). The van der Waals surface area contributed by atoms with Gasteiger partial charge < -0.3 is 9.42 Å². The van der Waals surface area contributed by atoms with E-state index in [-0.39, 0.29) is 5.91 Å². The van der Waals surface area contributed by atoms with Crippen LogP contribution in [-0.2, 0) is 24.3 Å². The van der Waals surface area contributed by atoms with E-state index < -0.39 is 0 Å². The molecule has 0 saturated heterocycles. The fourth-order valence-corrected chi connectivity index (χ4v) is 2.02. The van der Waals surface area contributed by atoms with Gasteiger partial charge in [-0.05, 0) is 12.3 Å². The van der Waals surface area contributed by atoms with Crippen LogP contribution in [-0.4, -0.2) is 42.8 Å². The SMILES string of the molecule is CC(C)Cc1nc(CN(C)C(=O)CCCn2cncn2)no1. The molecule has 0 fully saturated rings. The molecule has 0 aliphatic rings. The van der Waals surface area contributed by atoms with Crippen molar-refractivity contribution in [2.75, 3.05) is 7.05 Å². The van der Waals surface area contributed by atoms with Crippen molar-refractivity contribution in [2.24, 2.45) is 5.92 Å². The second kappa shape index (κ2) is 7.67. The number of amides is 1. The van der Waals surface area contributed by atoms with Gasteiger partial charge in [0.1, 0.15) is 12.7 Å². The monoisotopic (exact) mass is 306 g/mol. The van der Waals surface area contributed by atoms with Crippen molar-refractivity contribution in [3.8, 4) is 0 Å². The highest BCUT2D eigenvalue weighted by Crippen LogP contribution is 2.07. The molecule has 8 heteroatoms. The number of aromatic nitrogens is 5. The van der Waals surface area contributed by atoms with Crippen LogP contribution >= 0.6 is 0 Å². The second-order valence-electron chi connectivity index (χ2n) is 5.71. The maximum absolute atomic E-state index is 12.1. The number of hydrogen-bond donors (Lipinski definition) is 0. The van der Waals surface area contributed by atoms with Gasteiger partial charge in [0, 0.05) is 26.4 Å². The summed E-state index contributed by atoms with van der Waals surface area (Å²) in [6, 6.07) is 0. The van der Waals surface area contributed by atoms with E-state index in [4.69, 9.17) is 4.52 Å². The summed E-state index contributed by atoms with van der Waals surface area (Å²) in [6.07, 6.45) is 5.05. The summed E-state index contributed by atoms with van der Waals surface area (Å²) in [6.45, 7) is 5.23. The van der Waals surface area contributed by atoms with E-state index in [0.717, 1.165) is 12.8 Å². The fraction of sp³-hybridized carbons (Fsp3) is 0.643. The Morgan fingerprint density at radius 3 is 2.95 bits per heavy atom. The Labute approximate surface area is 129 Å².